The number of aliphatic hydroxyl groups is 1. The molecule has 7 nitrogen and oxygen atoms in total. The number of benzene rings is 2. The van der Waals surface area contributed by atoms with Crippen LogP contribution in [0.25, 0.3) is 5.76 Å². The van der Waals surface area contributed by atoms with Gasteiger partial charge in [-0.15, -0.1) is 0 Å². The van der Waals surface area contributed by atoms with Crippen LogP contribution in [0.1, 0.15) is 17.2 Å². The van der Waals surface area contributed by atoms with Crippen molar-refractivity contribution in [3.63, 3.8) is 0 Å². The fourth-order valence-electron chi connectivity index (χ4n) is 3.39. The van der Waals surface area contributed by atoms with E-state index in [0.29, 0.717) is 22.9 Å². The Morgan fingerprint density at radius 3 is 2.40 bits per heavy atom. The highest BCUT2D eigenvalue weighted by Crippen LogP contribution is 2.41. The third-order valence-corrected chi connectivity index (χ3v) is 5.23. The summed E-state index contributed by atoms with van der Waals surface area (Å²) in [6, 6.07) is 10.3. The van der Waals surface area contributed by atoms with Crippen molar-refractivity contribution in [2.45, 2.75) is 6.04 Å². The summed E-state index contributed by atoms with van der Waals surface area (Å²) in [4.78, 5) is 29.0. The second-order valence-corrected chi connectivity index (χ2v) is 7.67. The van der Waals surface area contributed by atoms with E-state index in [2.05, 4.69) is 0 Å². The van der Waals surface area contributed by atoms with E-state index >= 15 is 0 Å². The van der Waals surface area contributed by atoms with Crippen LogP contribution in [-0.4, -0.2) is 66.0 Å². The number of phenols is 1. The van der Waals surface area contributed by atoms with Crippen molar-refractivity contribution in [3.05, 3.63) is 64.2 Å². The number of carbonyl (C=O) groups excluding carboxylic acids is 2. The molecule has 1 saturated heterocycles. The molecule has 0 saturated carbocycles. The van der Waals surface area contributed by atoms with Crippen molar-refractivity contribution in [1.29, 1.82) is 0 Å². The van der Waals surface area contributed by atoms with E-state index < -0.39 is 23.5 Å². The summed E-state index contributed by atoms with van der Waals surface area (Å²) < 4.78 is 5.06. The van der Waals surface area contributed by atoms with E-state index in [-0.39, 0.29) is 23.4 Å². The minimum Gasteiger partial charge on any atom is -0.507 e. The van der Waals surface area contributed by atoms with Gasteiger partial charge in [0.1, 0.15) is 17.3 Å². The second-order valence-electron chi connectivity index (χ2n) is 7.23. The van der Waals surface area contributed by atoms with Gasteiger partial charge >= 0.3 is 0 Å². The van der Waals surface area contributed by atoms with Crippen LogP contribution in [0.5, 0.6) is 11.5 Å². The van der Waals surface area contributed by atoms with Gasteiger partial charge in [-0.3, -0.25) is 9.59 Å². The summed E-state index contributed by atoms with van der Waals surface area (Å²) in [7, 11) is 5.18. The Morgan fingerprint density at radius 2 is 1.83 bits per heavy atom. The number of ether oxygens (including phenoxy) is 1. The molecule has 0 spiro atoms. The SMILES string of the molecule is COc1ccc(C(O)=C2C(=O)C(=O)N(CCN(C)C)C2c2ccc(Cl)cc2)c(O)c1. The van der Waals surface area contributed by atoms with Crippen molar-refractivity contribution < 1.29 is 24.5 Å². The van der Waals surface area contributed by atoms with Gasteiger partial charge in [0.05, 0.1) is 24.3 Å². The molecule has 2 aromatic carbocycles. The maximum Gasteiger partial charge on any atom is 0.295 e. The van der Waals surface area contributed by atoms with Gasteiger partial charge in [-0.05, 0) is 43.9 Å². The summed E-state index contributed by atoms with van der Waals surface area (Å²) >= 11 is 6.00. The van der Waals surface area contributed by atoms with Crippen LogP contribution in [0.4, 0.5) is 0 Å². The molecule has 2 aromatic rings. The van der Waals surface area contributed by atoms with Crippen molar-refractivity contribution >= 4 is 29.1 Å². The zero-order valence-electron chi connectivity index (χ0n) is 16.9. The van der Waals surface area contributed by atoms with E-state index in [1.807, 2.05) is 19.0 Å². The lowest BCUT2D eigenvalue weighted by Gasteiger charge is -2.26. The lowest BCUT2D eigenvalue weighted by atomic mass is 9.95. The number of rotatable bonds is 6. The molecule has 1 fully saturated rings. The molecule has 30 heavy (non-hydrogen) atoms. The third-order valence-electron chi connectivity index (χ3n) is 4.97. The highest BCUT2D eigenvalue weighted by Gasteiger charge is 2.46. The maximum absolute atomic E-state index is 12.9. The Balaban J connectivity index is 2.16. The summed E-state index contributed by atoms with van der Waals surface area (Å²) in [5.41, 5.74) is 0.592. The number of aromatic hydroxyl groups is 1. The number of amides is 1. The predicted molar refractivity (Wildman–Crippen MR) is 114 cm³/mol. The van der Waals surface area contributed by atoms with E-state index in [1.165, 1.54) is 24.1 Å². The highest BCUT2D eigenvalue weighted by molar-refractivity contribution is 6.46. The summed E-state index contributed by atoms with van der Waals surface area (Å²) in [5, 5.41) is 21.8. The van der Waals surface area contributed by atoms with E-state index in [9.17, 15) is 19.8 Å². The van der Waals surface area contributed by atoms with Crippen LogP contribution in [-0.2, 0) is 9.59 Å². The molecular formula is C22H23ClN2O5. The first-order valence-electron chi connectivity index (χ1n) is 9.30. The standard InChI is InChI=1S/C22H23ClN2O5/c1-24(2)10-11-25-19(13-4-6-14(23)7-5-13)18(21(28)22(25)29)20(27)16-9-8-15(30-3)12-17(16)26/h4-9,12,19,26-27H,10-11H2,1-3H3. The van der Waals surface area contributed by atoms with E-state index in [1.54, 1.807) is 30.3 Å². The van der Waals surface area contributed by atoms with Crippen LogP contribution in [0.3, 0.4) is 0 Å². The number of phenolic OH excluding ortho intramolecular Hbond substituents is 1. The van der Waals surface area contributed by atoms with Gasteiger partial charge in [0.25, 0.3) is 11.7 Å². The fourth-order valence-corrected chi connectivity index (χ4v) is 3.52. The van der Waals surface area contributed by atoms with E-state index in [0.717, 1.165) is 0 Å². The predicted octanol–water partition coefficient (Wildman–Crippen LogP) is 3.04. The van der Waals surface area contributed by atoms with Gasteiger partial charge in [0.2, 0.25) is 0 Å². The van der Waals surface area contributed by atoms with Crippen molar-refractivity contribution in [2.75, 3.05) is 34.3 Å². The van der Waals surface area contributed by atoms with Gasteiger partial charge in [0.15, 0.2) is 0 Å². The Morgan fingerprint density at radius 1 is 1.17 bits per heavy atom. The molecule has 158 valence electrons. The molecule has 1 amide bonds. The van der Waals surface area contributed by atoms with Gasteiger partial charge in [-0.1, -0.05) is 23.7 Å². The zero-order valence-corrected chi connectivity index (χ0v) is 17.7. The minimum absolute atomic E-state index is 0.0420. The molecule has 8 heteroatoms. The van der Waals surface area contributed by atoms with Gasteiger partial charge in [-0.2, -0.15) is 0 Å². The van der Waals surface area contributed by atoms with Crippen LogP contribution in [0.15, 0.2) is 48.0 Å². The molecule has 0 aromatic heterocycles. The van der Waals surface area contributed by atoms with Crippen molar-refractivity contribution in [3.8, 4) is 11.5 Å². The Hall–Kier alpha value is -3.03. The molecular weight excluding hydrogens is 408 g/mol. The molecule has 3 rings (SSSR count). The first kappa shape index (κ1) is 21.7. The highest BCUT2D eigenvalue weighted by atomic mass is 35.5. The number of carbonyl (C=O) groups is 2. The topological polar surface area (TPSA) is 90.3 Å². The molecule has 1 unspecified atom stereocenters. The molecule has 2 N–H and O–H groups in total. The zero-order chi connectivity index (χ0) is 22.0. The number of halogens is 1. The number of nitrogens with zero attached hydrogens (tertiary/aromatic N) is 2. The fraction of sp³-hybridized carbons (Fsp3) is 0.273. The lowest BCUT2D eigenvalue weighted by Crippen LogP contribution is -2.35. The molecule has 1 aliphatic rings. The molecule has 0 bridgehead atoms. The average Bonchev–Trinajstić information content (AvgIpc) is 2.96. The van der Waals surface area contributed by atoms with Crippen LogP contribution < -0.4 is 4.74 Å². The molecule has 0 aliphatic carbocycles. The monoisotopic (exact) mass is 430 g/mol. The normalized spacial score (nSPS) is 18.3. The smallest absolute Gasteiger partial charge is 0.295 e. The third kappa shape index (κ3) is 4.13. The minimum atomic E-state index is -0.804. The first-order valence-corrected chi connectivity index (χ1v) is 9.68. The molecule has 0 radical (unpaired) electrons. The number of likely N-dealkylation sites (N-methyl/N-ethyl adjacent to an activating group) is 1. The van der Waals surface area contributed by atoms with Crippen molar-refractivity contribution in [1.82, 2.24) is 9.80 Å². The number of hydrogen-bond acceptors (Lipinski definition) is 6. The quantitative estimate of drug-likeness (QED) is 0.416. The number of aliphatic hydroxyl groups excluding tert-OH is 1. The molecule has 1 atom stereocenters. The van der Waals surface area contributed by atoms with Crippen molar-refractivity contribution in [2.24, 2.45) is 0 Å². The summed E-state index contributed by atoms with van der Waals surface area (Å²) in [6.45, 7) is 0.821. The lowest BCUT2D eigenvalue weighted by molar-refractivity contribution is -0.140. The largest absolute Gasteiger partial charge is 0.507 e. The van der Waals surface area contributed by atoms with Crippen LogP contribution in [0.2, 0.25) is 5.02 Å². The van der Waals surface area contributed by atoms with Gasteiger partial charge < -0.3 is 24.7 Å². The summed E-state index contributed by atoms with van der Waals surface area (Å²) in [5.74, 6) is -1.82. The number of hydrogen-bond donors (Lipinski definition) is 2. The average molecular weight is 431 g/mol. The summed E-state index contributed by atoms with van der Waals surface area (Å²) in [6.07, 6.45) is 0. The second kappa shape index (κ2) is 8.77. The maximum atomic E-state index is 12.9. The van der Waals surface area contributed by atoms with Crippen LogP contribution >= 0.6 is 11.6 Å². The van der Waals surface area contributed by atoms with Gasteiger partial charge in [0, 0.05) is 24.2 Å². The molecule has 1 heterocycles. The van der Waals surface area contributed by atoms with E-state index in [4.69, 9.17) is 16.3 Å². The first-order chi connectivity index (χ1) is 14.2. The number of ketones is 1. The number of methoxy groups -OCH3 is 1. The Kier molecular flexibility index (Phi) is 6.34. The number of likely N-dealkylation sites (tertiary alicyclic amines) is 1. The Bertz CT molecular complexity index is 1000. The van der Waals surface area contributed by atoms with Gasteiger partial charge in [-0.25, -0.2) is 0 Å². The van der Waals surface area contributed by atoms with Crippen LogP contribution in [0, 0.1) is 0 Å². The number of Topliss-reactive ketones (excluding diaryl/α,β-unsaturated/α-hetero) is 1. The Labute approximate surface area is 179 Å². The molecule has 1 aliphatic heterocycles.